The van der Waals surface area contributed by atoms with Gasteiger partial charge in [0.2, 0.25) is 0 Å². The molecule has 5 atom stereocenters. The summed E-state index contributed by atoms with van der Waals surface area (Å²) in [5.41, 5.74) is 1.07. The Morgan fingerprint density at radius 3 is 2.85 bits per heavy atom. The van der Waals surface area contributed by atoms with Crippen molar-refractivity contribution in [3.8, 4) is 0 Å². The van der Waals surface area contributed by atoms with Crippen LogP contribution in [0.4, 0.5) is 17.3 Å². The SMILES string of the molecule is CNc1cc(Nc2cccn([C@@H]3[C@@H]4COC[C@@H]43)c2=O)nc2c(C(=O)N[C@@H]3C[C@H]3OC)cnn12. The van der Waals surface area contributed by atoms with E-state index in [-0.39, 0.29) is 29.7 Å². The lowest BCUT2D eigenvalue weighted by molar-refractivity contribution is 0.0936. The van der Waals surface area contributed by atoms with E-state index in [0.29, 0.717) is 53.6 Å². The van der Waals surface area contributed by atoms with Gasteiger partial charge in [-0.05, 0) is 18.6 Å². The number of anilines is 3. The van der Waals surface area contributed by atoms with Crippen LogP contribution in [-0.2, 0) is 9.47 Å². The zero-order valence-electron chi connectivity index (χ0n) is 18.3. The highest BCUT2D eigenvalue weighted by Crippen LogP contribution is 2.53. The van der Waals surface area contributed by atoms with Crippen molar-refractivity contribution in [3.63, 3.8) is 0 Å². The molecule has 1 saturated heterocycles. The van der Waals surface area contributed by atoms with Gasteiger partial charge in [-0.3, -0.25) is 9.59 Å². The minimum Gasteiger partial charge on any atom is -0.381 e. The number of aromatic nitrogens is 4. The summed E-state index contributed by atoms with van der Waals surface area (Å²) in [6.45, 7) is 1.42. The molecule has 11 heteroatoms. The van der Waals surface area contributed by atoms with Crippen LogP contribution in [0.25, 0.3) is 5.65 Å². The van der Waals surface area contributed by atoms with E-state index in [1.807, 2.05) is 12.3 Å². The number of hydrogen-bond donors (Lipinski definition) is 3. The molecule has 0 radical (unpaired) electrons. The summed E-state index contributed by atoms with van der Waals surface area (Å²) in [5, 5.41) is 13.5. The molecule has 0 unspecified atom stereocenters. The number of amides is 1. The predicted octanol–water partition coefficient (Wildman–Crippen LogP) is 1.01. The topological polar surface area (TPSA) is 124 Å². The summed E-state index contributed by atoms with van der Waals surface area (Å²) >= 11 is 0. The lowest BCUT2D eigenvalue weighted by Gasteiger charge is -2.13. The normalized spacial score (nSPS) is 27.3. The van der Waals surface area contributed by atoms with Gasteiger partial charge in [-0.1, -0.05) is 0 Å². The van der Waals surface area contributed by atoms with Crippen LogP contribution < -0.4 is 21.5 Å². The summed E-state index contributed by atoms with van der Waals surface area (Å²) in [5.74, 6) is 1.65. The minimum absolute atomic E-state index is 0.00219. The largest absolute Gasteiger partial charge is 0.381 e. The highest BCUT2D eigenvalue weighted by atomic mass is 16.5. The van der Waals surface area contributed by atoms with Gasteiger partial charge in [0.15, 0.2) is 5.65 Å². The predicted molar refractivity (Wildman–Crippen MR) is 120 cm³/mol. The lowest BCUT2D eigenvalue weighted by Crippen LogP contribution is -2.28. The van der Waals surface area contributed by atoms with Crippen LogP contribution in [0.3, 0.4) is 0 Å². The number of methoxy groups -OCH3 is 1. The summed E-state index contributed by atoms with van der Waals surface area (Å²) in [6.07, 6.45) is 4.16. The third-order valence-electron chi connectivity index (χ3n) is 6.79. The zero-order chi connectivity index (χ0) is 22.7. The number of nitrogens with zero attached hydrogens (tertiary/aromatic N) is 4. The summed E-state index contributed by atoms with van der Waals surface area (Å²) in [4.78, 5) is 30.6. The summed E-state index contributed by atoms with van der Waals surface area (Å²) in [6, 6.07) is 5.54. The molecule has 6 rings (SSSR count). The number of nitrogens with one attached hydrogen (secondary N) is 3. The Balaban J connectivity index is 1.31. The van der Waals surface area contributed by atoms with E-state index in [0.717, 1.165) is 6.42 Å². The Morgan fingerprint density at radius 2 is 2.12 bits per heavy atom. The summed E-state index contributed by atoms with van der Waals surface area (Å²) < 4.78 is 14.1. The van der Waals surface area contributed by atoms with Crippen LogP contribution in [0.15, 0.2) is 35.4 Å². The molecule has 3 aromatic heterocycles. The number of fused-ring (bicyclic) bond motifs is 2. The Morgan fingerprint density at radius 1 is 1.30 bits per heavy atom. The van der Waals surface area contributed by atoms with E-state index in [4.69, 9.17) is 9.47 Å². The number of carbonyl (C=O) groups is 1. The van der Waals surface area contributed by atoms with E-state index in [1.54, 1.807) is 35.4 Å². The van der Waals surface area contributed by atoms with Crippen LogP contribution in [-0.4, -0.2) is 64.6 Å². The number of carbonyl (C=O) groups excluding carboxylic acids is 1. The average molecular weight is 451 g/mol. The first-order chi connectivity index (χ1) is 16.1. The molecule has 3 N–H and O–H groups in total. The molecule has 172 valence electrons. The van der Waals surface area contributed by atoms with Gasteiger partial charge in [0.25, 0.3) is 11.5 Å². The standard InChI is InChI=1S/C22H25N7O4/c1-23-18-7-17(25-14-4-3-5-28(22(14)31)19-12-9-33-10-13(12)19)27-20-11(8-24-29(18)20)21(30)26-15-6-16(15)32-2/h3-5,7-8,12-13,15-16,19,23H,6,9-10H2,1-2H3,(H,25,27)(H,26,30)/t12-,13+,15-,16-,19-/m1/s1. The van der Waals surface area contributed by atoms with Gasteiger partial charge >= 0.3 is 0 Å². The number of ether oxygens (including phenoxy) is 2. The number of pyridine rings is 1. The lowest BCUT2D eigenvalue weighted by atomic mass is 10.3. The van der Waals surface area contributed by atoms with E-state index in [2.05, 4.69) is 26.0 Å². The maximum absolute atomic E-state index is 13.1. The monoisotopic (exact) mass is 451 g/mol. The quantitative estimate of drug-likeness (QED) is 0.486. The molecule has 11 nitrogen and oxygen atoms in total. The fraction of sp³-hybridized carbons (Fsp3) is 0.455. The van der Waals surface area contributed by atoms with Crippen molar-refractivity contribution in [2.75, 3.05) is 38.0 Å². The van der Waals surface area contributed by atoms with E-state index < -0.39 is 0 Å². The molecule has 2 aliphatic carbocycles. The molecule has 1 amide bonds. The van der Waals surface area contributed by atoms with Gasteiger partial charge in [0.05, 0.1) is 31.6 Å². The van der Waals surface area contributed by atoms with Crippen molar-refractivity contribution in [2.24, 2.45) is 11.8 Å². The van der Waals surface area contributed by atoms with Crippen LogP contribution >= 0.6 is 0 Å². The fourth-order valence-electron chi connectivity index (χ4n) is 4.80. The third kappa shape index (κ3) is 3.35. The van der Waals surface area contributed by atoms with Gasteiger partial charge in [-0.15, -0.1) is 0 Å². The van der Waals surface area contributed by atoms with Gasteiger partial charge in [-0.25, -0.2) is 4.98 Å². The Labute approximate surface area is 189 Å². The number of hydrogen-bond acceptors (Lipinski definition) is 8. The molecule has 0 aromatic carbocycles. The highest BCUT2D eigenvalue weighted by molar-refractivity contribution is 6.00. The van der Waals surface area contributed by atoms with Gasteiger partial charge < -0.3 is 30.0 Å². The second kappa shape index (κ2) is 7.56. The maximum Gasteiger partial charge on any atom is 0.274 e. The number of rotatable bonds is 7. The third-order valence-corrected chi connectivity index (χ3v) is 6.79. The second-order valence-corrected chi connectivity index (χ2v) is 8.78. The summed E-state index contributed by atoms with van der Waals surface area (Å²) in [7, 11) is 3.39. The molecule has 1 aliphatic heterocycles. The van der Waals surface area contributed by atoms with E-state index in [1.165, 1.54) is 6.20 Å². The Bertz CT molecular complexity index is 1290. The minimum atomic E-state index is -0.259. The molecule has 3 fully saturated rings. The van der Waals surface area contributed by atoms with E-state index >= 15 is 0 Å². The molecular weight excluding hydrogens is 426 g/mol. The molecule has 33 heavy (non-hydrogen) atoms. The van der Waals surface area contributed by atoms with Crippen molar-refractivity contribution in [3.05, 3.63) is 46.5 Å². The molecule has 0 bridgehead atoms. The van der Waals surface area contributed by atoms with Gasteiger partial charge in [-0.2, -0.15) is 9.61 Å². The van der Waals surface area contributed by atoms with Gasteiger partial charge in [0.1, 0.15) is 22.9 Å². The second-order valence-electron chi connectivity index (χ2n) is 8.78. The van der Waals surface area contributed by atoms with Crippen LogP contribution in [0, 0.1) is 11.8 Å². The Hall–Kier alpha value is -3.44. The average Bonchev–Trinajstić information content (AvgIpc) is 3.58. The van der Waals surface area contributed by atoms with Crippen LogP contribution in [0.5, 0.6) is 0 Å². The van der Waals surface area contributed by atoms with Crippen molar-refractivity contribution in [1.82, 2.24) is 24.5 Å². The van der Waals surface area contributed by atoms with Crippen molar-refractivity contribution in [2.45, 2.75) is 24.6 Å². The molecule has 4 heterocycles. The van der Waals surface area contributed by atoms with Crippen LogP contribution in [0.2, 0.25) is 0 Å². The fourth-order valence-corrected chi connectivity index (χ4v) is 4.80. The van der Waals surface area contributed by atoms with E-state index in [9.17, 15) is 9.59 Å². The maximum atomic E-state index is 13.1. The molecule has 3 aromatic rings. The Kier molecular flexibility index (Phi) is 4.63. The molecule has 0 spiro atoms. The van der Waals surface area contributed by atoms with Crippen LogP contribution in [0.1, 0.15) is 22.8 Å². The molecular formula is C22H25N7O4. The smallest absolute Gasteiger partial charge is 0.274 e. The zero-order valence-corrected chi connectivity index (χ0v) is 18.3. The molecule has 2 saturated carbocycles. The van der Waals surface area contributed by atoms with Crippen molar-refractivity contribution >= 4 is 28.9 Å². The first kappa shape index (κ1) is 20.2. The van der Waals surface area contributed by atoms with Gasteiger partial charge in [0, 0.05) is 44.3 Å². The van der Waals surface area contributed by atoms with Crippen molar-refractivity contribution < 1.29 is 14.3 Å². The first-order valence-electron chi connectivity index (χ1n) is 11.0. The first-order valence-corrected chi connectivity index (χ1v) is 11.0. The highest BCUT2D eigenvalue weighted by Gasteiger charge is 2.55. The van der Waals surface area contributed by atoms with Crippen molar-refractivity contribution in [1.29, 1.82) is 0 Å². The molecule has 3 aliphatic rings.